The van der Waals surface area contributed by atoms with Crippen molar-refractivity contribution in [3.63, 3.8) is 0 Å². The maximum atomic E-state index is 12.4. The normalized spacial score (nSPS) is 14.4. The number of amides is 1. The lowest BCUT2D eigenvalue weighted by Crippen LogP contribution is -2.36. The number of pyridine rings is 1. The molecule has 0 unspecified atom stereocenters. The second kappa shape index (κ2) is 5.64. The average Bonchev–Trinajstić information content (AvgIpc) is 3.19. The third kappa shape index (κ3) is 2.80. The molecule has 0 aromatic carbocycles. The van der Waals surface area contributed by atoms with Gasteiger partial charge in [0.25, 0.3) is 5.91 Å². The molecule has 18 heavy (non-hydrogen) atoms. The number of aromatic nitrogens is 1. The van der Waals surface area contributed by atoms with Crippen molar-refractivity contribution in [2.24, 2.45) is 5.84 Å². The standard InChI is InChI=1S/C11H15BrN4O2/c12-7-5-9(10(15-13)14-6-7)11(18)16(3-4-17)8-1-2-8/h5-6,8,17H,1-4,13H2,(H,14,15). The lowest BCUT2D eigenvalue weighted by Gasteiger charge is -2.22. The smallest absolute Gasteiger partial charge is 0.258 e. The Balaban J connectivity index is 2.28. The molecule has 1 aliphatic rings. The molecule has 1 aromatic rings. The highest BCUT2D eigenvalue weighted by molar-refractivity contribution is 9.10. The number of anilines is 1. The summed E-state index contributed by atoms with van der Waals surface area (Å²) >= 11 is 3.28. The van der Waals surface area contributed by atoms with Gasteiger partial charge in [-0.1, -0.05) is 0 Å². The van der Waals surface area contributed by atoms with Crippen molar-refractivity contribution in [3.05, 3.63) is 22.3 Å². The van der Waals surface area contributed by atoms with E-state index >= 15 is 0 Å². The van der Waals surface area contributed by atoms with Crippen LogP contribution in [0.5, 0.6) is 0 Å². The van der Waals surface area contributed by atoms with Crippen molar-refractivity contribution in [1.29, 1.82) is 0 Å². The van der Waals surface area contributed by atoms with Gasteiger partial charge in [0.05, 0.1) is 12.2 Å². The molecule has 0 spiro atoms. The van der Waals surface area contributed by atoms with Gasteiger partial charge < -0.3 is 15.4 Å². The van der Waals surface area contributed by atoms with Gasteiger partial charge in [0.15, 0.2) is 5.82 Å². The summed E-state index contributed by atoms with van der Waals surface area (Å²) < 4.78 is 0.713. The summed E-state index contributed by atoms with van der Waals surface area (Å²) in [5, 5.41) is 9.03. The lowest BCUT2D eigenvalue weighted by molar-refractivity contribution is 0.0708. The molecule has 1 aliphatic carbocycles. The van der Waals surface area contributed by atoms with Crippen molar-refractivity contribution in [3.8, 4) is 0 Å². The highest BCUT2D eigenvalue weighted by Crippen LogP contribution is 2.29. The average molecular weight is 315 g/mol. The Labute approximate surface area is 113 Å². The number of nitrogens with two attached hydrogens (primary N) is 1. The molecule has 0 radical (unpaired) electrons. The van der Waals surface area contributed by atoms with E-state index < -0.39 is 0 Å². The maximum Gasteiger partial charge on any atom is 0.258 e. The Hall–Kier alpha value is -1.18. The first-order valence-electron chi connectivity index (χ1n) is 5.71. The largest absolute Gasteiger partial charge is 0.395 e. The predicted molar refractivity (Wildman–Crippen MR) is 70.9 cm³/mol. The Morgan fingerprint density at radius 3 is 2.94 bits per heavy atom. The molecule has 1 fully saturated rings. The van der Waals surface area contributed by atoms with Crippen molar-refractivity contribution in [2.75, 3.05) is 18.6 Å². The molecule has 2 rings (SSSR count). The molecule has 0 aliphatic heterocycles. The van der Waals surface area contributed by atoms with Crippen LogP contribution in [0.2, 0.25) is 0 Å². The van der Waals surface area contributed by atoms with Crippen LogP contribution in [0, 0.1) is 0 Å². The van der Waals surface area contributed by atoms with E-state index in [4.69, 9.17) is 10.9 Å². The fourth-order valence-corrected chi connectivity index (χ4v) is 2.15. The summed E-state index contributed by atoms with van der Waals surface area (Å²) in [5.74, 6) is 5.54. The number of hydrogen-bond acceptors (Lipinski definition) is 5. The molecule has 0 atom stereocenters. The first-order chi connectivity index (χ1) is 8.67. The number of hydrazine groups is 1. The number of nitrogens with one attached hydrogen (secondary N) is 1. The summed E-state index contributed by atoms with van der Waals surface area (Å²) in [7, 11) is 0. The highest BCUT2D eigenvalue weighted by atomic mass is 79.9. The van der Waals surface area contributed by atoms with E-state index in [0.717, 1.165) is 12.8 Å². The molecule has 0 saturated heterocycles. The minimum Gasteiger partial charge on any atom is -0.395 e. The van der Waals surface area contributed by atoms with Crippen LogP contribution in [0.25, 0.3) is 0 Å². The molecule has 0 bridgehead atoms. The molecule has 4 N–H and O–H groups in total. The first kappa shape index (κ1) is 13.3. The van der Waals surface area contributed by atoms with Crippen LogP contribution >= 0.6 is 15.9 Å². The van der Waals surface area contributed by atoms with Gasteiger partial charge in [-0.2, -0.15) is 0 Å². The fourth-order valence-electron chi connectivity index (χ4n) is 1.82. The van der Waals surface area contributed by atoms with Crippen LogP contribution in [-0.4, -0.2) is 40.1 Å². The minimum absolute atomic E-state index is 0.0466. The second-order valence-electron chi connectivity index (χ2n) is 4.15. The number of nitrogens with zero attached hydrogens (tertiary/aromatic N) is 2. The topological polar surface area (TPSA) is 91.5 Å². The number of aliphatic hydroxyl groups excluding tert-OH is 1. The lowest BCUT2D eigenvalue weighted by atomic mass is 10.2. The van der Waals surface area contributed by atoms with E-state index in [-0.39, 0.29) is 18.6 Å². The Bertz CT molecular complexity index is 451. The molecule has 98 valence electrons. The van der Waals surface area contributed by atoms with Crippen molar-refractivity contribution < 1.29 is 9.90 Å². The quantitative estimate of drug-likeness (QED) is 0.550. The Morgan fingerprint density at radius 2 is 2.39 bits per heavy atom. The van der Waals surface area contributed by atoms with Crippen molar-refractivity contribution >= 4 is 27.7 Å². The van der Waals surface area contributed by atoms with Gasteiger partial charge in [0.2, 0.25) is 0 Å². The highest BCUT2D eigenvalue weighted by Gasteiger charge is 2.33. The van der Waals surface area contributed by atoms with E-state index in [2.05, 4.69) is 26.3 Å². The van der Waals surface area contributed by atoms with Gasteiger partial charge in [-0.05, 0) is 34.8 Å². The van der Waals surface area contributed by atoms with E-state index in [1.165, 1.54) is 0 Å². The number of aliphatic hydroxyl groups is 1. The Morgan fingerprint density at radius 1 is 1.67 bits per heavy atom. The monoisotopic (exact) mass is 314 g/mol. The van der Waals surface area contributed by atoms with Crippen LogP contribution in [0.4, 0.5) is 5.82 Å². The molecule has 6 nitrogen and oxygen atoms in total. The number of rotatable bonds is 5. The van der Waals surface area contributed by atoms with Gasteiger partial charge in [-0.3, -0.25) is 4.79 Å². The minimum atomic E-state index is -0.159. The summed E-state index contributed by atoms with van der Waals surface area (Å²) in [6.45, 7) is 0.287. The number of hydrogen-bond donors (Lipinski definition) is 3. The number of carbonyl (C=O) groups is 1. The molecule has 7 heteroatoms. The number of nitrogen functional groups attached to an aromatic ring is 1. The van der Waals surface area contributed by atoms with Gasteiger partial charge in [-0.15, -0.1) is 0 Å². The van der Waals surface area contributed by atoms with E-state index in [1.54, 1.807) is 17.2 Å². The third-order valence-corrected chi connectivity index (χ3v) is 3.24. The summed E-state index contributed by atoms with van der Waals surface area (Å²) in [4.78, 5) is 18.1. The second-order valence-corrected chi connectivity index (χ2v) is 5.06. The van der Waals surface area contributed by atoms with Gasteiger partial charge >= 0.3 is 0 Å². The van der Waals surface area contributed by atoms with E-state index in [1.807, 2.05) is 0 Å². The molecule has 1 heterocycles. The van der Waals surface area contributed by atoms with Gasteiger partial charge in [0, 0.05) is 23.3 Å². The van der Waals surface area contributed by atoms with Crippen molar-refractivity contribution in [1.82, 2.24) is 9.88 Å². The van der Waals surface area contributed by atoms with Crippen LogP contribution < -0.4 is 11.3 Å². The summed E-state index contributed by atoms with van der Waals surface area (Å²) in [5.41, 5.74) is 2.83. The zero-order chi connectivity index (χ0) is 13.1. The Kier molecular flexibility index (Phi) is 4.15. The van der Waals surface area contributed by atoms with Crippen LogP contribution in [-0.2, 0) is 0 Å². The molecular weight excluding hydrogens is 300 g/mol. The van der Waals surface area contributed by atoms with Crippen LogP contribution in [0.3, 0.4) is 0 Å². The van der Waals surface area contributed by atoms with E-state index in [0.29, 0.717) is 22.4 Å². The fraction of sp³-hybridized carbons (Fsp3) is 0.455. The zero-order valence-corrected chi connectivity index (χ0v) is 11.4. The SMILES string of the molecule is NNc1ncc(Br)cc1C(=O)N(CCO)C1CC1. The first-order valence-corrected chi connectivity index (χ1v) is 6.50. The van der Waals surface area contributed by atoms with Gasteiger partial charge in [0.1, 0.15) is 0 Å². The number of carbonyl (C=O) groups excluding carboxylic acids is 1. The summed E-state index contributed by atoms with van der Waals surface area (Å²) in [6.07, 6.45) is 3.54. The third-order valence-electron chi connectivity index (χ3n) is 2.81. The van der Waals surface area contributed by atoms with Crippen molar-refractivity contribution in [2.45, 2.75) is 18.9 Å². The predicted octanol–water partition coefficient (Wildman–Crippen LogP) is 0.727. The molecule has 1 aromatic heterocycles. The molecule has 1 saturated carbocycles. The maximum absolute atomic E-state index is 12.4. The molecule has 1 amide bonds. The number of halogens is 1. The van der Waals surface area contributed by atoms with Crippen LogP contribution in [0.15, 0.2) is 16.7 Å². The van der Waals surface area contributed by atoms with E-state index in [9.17, 15) is 4.79 Å². The molecular formula is C11H15BrN4O2. The zero-order valence-electron chi connectivity index (χ0n) is 9.77. The summed E-state index contributed by atoms with van der Waals surface area (Å²) in [6, 6.07) is 1.91. The van der Waals surface area contributed by atoms with Crippen LogP contribution in [0.1, 0.15) is 23.2 Å². The van der Waals surface area contributed by atoms with Gasteiger partial charge in [-0.25, -0.2) is 10.8 Å².